The lowest BCUT2D eigenvalue weighted by Gasteiger charge is -2.11. The molecule has 17 heavy (non-hydrogen) atoms. The number of benzene rings is 1. The second kappa shape index (κ2) is 5.89. The molecule has 1 heterocycles. The van der Waals surface area contributed by atoms with Crippen molar-refractivity contribution >= 4 is 23.1 Å². The summed E-state index contributed by atoms with van der Waals surface area (Å²) in [7, 11) is 0. The van der Waals surface area contributed by atoms with Gasteiger partial charge in [0.1, 0.15) is 5.84 Å². The van der Waals surface area contributed by atoms with E-state index >= 15 is 0 Å². The van der Waals surface area contributed by atoms with Gasteiger partial charge in [0.05, 0.1) is 18.5 Å². The number of hydrogen-bond acceptors (Lipinski definition) is 4. The summed E-state index contributed by atoms with van der Waals surface area (Å²) in [5.74, 6) is 1.17. The van der Waals surface area contributed by atoms with Gasteiger partial charge in [-0.1, -0.05) is 12.1 Å². The van der Waals surface area contributed by atoms with Crippen molar-refractivity contribution in [1.82, 2.24) is 5.32 Å². The molecule has 0 saturated carbocycles. The van der Waals surface area contributed by atoms with Gasteiger partial charge in [-0.2, -0.15) is 0 Å². The van der Waals surface area contributed by atoms with Gasteiger partial charge in [0, 0.05) is 24.3 Å². The molecule has 1 aliphatic rings. The molecule has 1 aromatic carbocycles. The molecule has 0 fully saturated rings. The summed E-state index contributed by atoms with van der Waals surface area (Å²) in [6.45, 7) is 2.18. The zero-order valence-electron chi connectivity index (χ0n) is 9.49. The van der Waals surface area contributed by atoms with Crippen molar-refractivity contribution in [3.63, 3.8) is 0 Å². The minimum absolute atomic E-state index is 0.237. The molecule has 3 N–H and O–H groups in total. The van der Waals surface area contributed by atoms with Crippen molar-refractivity contribution < 1.29 is 5.11 Å². The third kappa shape index (κ3) is 3.35. The van der Waals surface area contributed by atoms with E-state index in [1.165, 1.54) is 0 Å². The molecule has 0 aliphatic carbocycles. The standard InChI is InChI=1S/C12H16ClN3O/c13-7-11(17)8-16-10-3-1-2-9(6-10)12-14-4-5-15-12/h1-3,6,11,16-17H,4-5,7-8H2,(H,14,15). The molecule has 0 bridgehead atoms. The molecular weight excluding hydrogens is 238 g/mol. The van der Waals surface area contributed by atoms with Crippen LogP contribution in [0, 0.1) is 0 Å². The van der Waals surface area contributed by atoms with E-state index in [0.717, 1.165) is 30.2 Å². The van der Waals surface area contributed by atoms with Crippen LogP contribution in [0.25, 0.3) is 0 Å². The molecule has 1 atom stereocenters. The highest BCUT2D eigenvalue weighted by molar-refractivity contribution is 6.18. The van der Waals surface area contributed by atoms with E-state index < -0.39 is 6.10 Å². The van der Waals surface area contributed by atoms with Crippen LogP contribution in [-0.2, 0) is 0 Å². The van der Waals surface area contributed by atoms with Crippen LogP contribution in [0.3, 0.4) is 0 Å². The summed E-state index contributed by atoms with van der Waals surface area (Å²) in [5, 5.41) is 15.7. The average molecular weight is 254 g/mol. The second-order valence-corrected chi connectivity index (χ2v) is 4.24. The van der Waals surface area contributed by atoms with Crippen molar-refractivity contribution in [2.45, 2.75) is 6.10 Å². The molecule has 0 aromatic heterocycles. The lowest BCUT2D eigenvalue weighted by atomic mass is 10.2. The molecular formula is C12H16ClN3O. The maximum atomic E-state index is 9.37. The van der Waals surface area contributed by atoms with Gasteiger partial charge in [0.15, 0.2) is 0 Å². The highest BCUT2D eigenvalue weighted by Crippen LogP contribution is 2.12. The van der Waals surface area contributed by atoms with Crippen LogP contribution >= 0.6 is 11.6 Å². The van der Waals surface area contributed by atoms with Gasteiger partial charge in [-0.3, -0.25) is 4.99 Å². The average Bonchev–Trinajstić information content (AvgIpc) is 2.90. The summed E-state index contributed by atoms with van der Waals surface area (Å²) in [5.41, 5.74) is 2.02. The van der Waals surface area contributed by atoms with Gasteiger partial charge >= 0.3 is 0 Å². The number of amidine groups is 1. The zero-order valence-corrected chi connectivity index (χ0v) is 10.2. The molecule has 0 spiro atoms. The molecule has 1 aliphatic heterocycles. The van der Waals surface area contributed by atoms with Gasteiger partial charge in [0.25, 0.3) is 0 Å². The molecule has 5 heteroatoms. The minimum atomic E-state index is -0.526. The van der Waals surface area contributed by atoms with Gasteiger partial charge < -0.3 is 15.7 Å². The van der Waals surface area contributed by atoms with Crippen LogP contribution in [0.2, 0.25) is 0 Å². The third-order valence-corrected chi connectivity index (χ3v) is 2.89. The molecule has 0 radical (unpaired) electrons. The van der Waals surface area contributed by atoms with Crippen LogP contribution in [0.4, 0.5) is 5.69 Å². The predicted molar refractivity (Wildman–Crippen MR) is 71.1 cm³/mol. The molecule has 1 unspecified atom stereocenters. The van der Waals surface area contributed by atoms with E-state index in [2.05, 4.69) is 15.6 Å². The second-order valence-electron chi connectivity index (χ2n) is 3.93. The fourth-order valence-corrected chi connectivity index (χ4v) is 1.77. The first kappa shape index (κ1) is 12.2. The monoisotopic (exact) mass is 253 g/mol. The number of aliphatic hydroxyl groups is 1. The van der Waals surface area contributed by atoms with Gasteiger partial charge in [-0.15, -0.1) is 11.6 Å². The largest absolute Gasteiger partial charge is 0.390 e. The van der Waals surface area contributed by atoms with Gasteiger partial charge in [-0.25, -0.2) is 0 Å². The Morgan fingerprint density at radius 3 is 3.12 bits per heavy atom. The Hall–Kier alpha value is -1.26. The van der Waals surface area contributed by atoms with Crippen LogP contribution < -0.4 is 10.6 Å². The summed E-state index contributed by atoms with van der Waals surface area (Å²) >= 11 is 5.53. The normalized spacial score (nSPS) is 16.2. The quantitative estimate of drug-likeness (QED) is 0.688. The number of halogens is 1. The highest BCUT2D eigenvalue weighted by Gasteiger charge is 2.08. The summed E-state index contributed by atoms with van der Waals surface area (Å²) in [6.07, 6.45) is -0.526. The van der Waals surface area contributed by atoms with Gasteiger partial charge in [-0.05, 0) is 12.1 Å². The van der Waals surface area contributed by atoms with E-state index in [0.29, 0.717) is 6.54 Å². The smallest absolute Gasteiger partial charge is 0.128 e. The number of alkyl halides is 1. The Kier molecular flexibility index (Phi) is 4.23. The lowest BCUT2D eigenvalue weighted by molar-refractivity contribution is 0.211. The third-order valence-electron chi connectivity index (χ3n) is 2.53. The first-order chi connectivity index (χ1) is 8.29. The first-order valence-electron chi connectivity index (χ1n) is 5.66. The number of hydrogen-bond donors (Lipinski definition) is 3. The summed E-state index contributed by atoms with van der Waals surface area (Å²) < 4.78 is 0. The van der Waals surface area contributed by atoms with Crippen LogP contribution in [0.15, 0.2) is 29.3 Å². The number of aliphatic imine (C=N–C) groups is 1. The van der Waals surface area contributed by atoms with Crippen LogP contribution in [0.1, 0.15) is 5.56 Å². The van der Waals surface area contributed by atoms with Crippen molar-refractivity contribution in [2.24, 2.45) is 4.99 Å². The Labute approximate surface area is 106 Å². The zero-order chi connectivity index (χ0) is 12.1. The Morgan fingerprint density at radius 1 is 1.53 bits per heavy atom. The van der Waals surface area contributed by atoms with Gasteiger partial charge in [0.2, 0.25) is 0 Å². The first-order valence-corrected chi connectivity index (χ1v) is 6.19. The maximum Gasteiger partial charge on any atom is 0.128 e. The lowest BCUT2D eigenvalue weighted by Crippen LogP contribution is -2.22. The Bertz CT molecular complexity index is 408. The fraction of sp³-hybridized carbons (Fsp3) is 0.417. The van der Waals surface area contributed by atoms with E-state index in [1.807, 2.05) is 24.3 Å². The van der Waals surface area contributed by atoms with E-state index in [9.17, 15) is 5.11 Å². The van der Waals surface area contributed by atoms with Crippen molar-refractivity contribution in [1.29, 1.82) is 0 Å². The Balaban J connectivity index is 2.01. The predicted octanol–water partition coefficient (Wildman–Crippen LogP) is 1.05. The number of rotatable bonds is 5. The van der Waals surface area contributed by atoms with Crippen molar-refractivity contribution in [2.75, 3.05) is 30.8 Å². The molecule has 92 valence electrons. The van der Waals surface area contributed by atoms with E-state index in [1.54, 1.807) is 0 Å². The number of nitrogens with one attached hydrogen (secondary N) is 2. The molecule has 0 amide bonds. The van der Waals surface area contributed by atoms with Crippen LogP contribution in [0.5, 0.6) is 0 Å². The SMILES string of the molecule is OC(CCl)CNc1cccc(C2=NCCN2)c1. The maximum absolute atomic E-state index is 9.37. The minimum Gasteiger partial charge on any atom is -0.390 e. The van der Waals surface area contributed by atoms with Crippen molar-refractivity contribution in [3.05, 3.63) is 29.8 Å². The molecule has 1 aromatic rings. The molecule has 0 saturated heterocycles. The number of aliphatic hydroxyl groups excluding tert-OH is 1. The van der Waals surface area contributed by atoms with Crippen LogP contribution in [-0.4, -0.2) is 42.6 Å². The molecule has 4 nitrogen and oxygen atoms in total. The number of anilines is 1. The molecule has 2 rings (SSSR count). The van der Waals surface area contributed by atoms with Crippen molar-refractivity contribution in [3.8, 4) is 0 Å². The van der Waals surface area contributed by atoms with E-state index in [4.69, 9.17) is 11.6 Å². The Morgan fingerprint density at radius 2 is 2.41 bits per heavy atom. The topological polar surface area (TPSA) is 56.6 Å². The van der Waals surface area contributed by atoms with E-state index in [-0.39, 0.29) is 5.88 Å². The highest BCUT2D eigenvalue weighted by atomic mass is 35.5. The number of nitrogens with zero attached hydrogens (tertiary/aromatic N) is 1. The fourth-order valence-electron chi connectivity index (χ4n) is 1.66. The summed E-state index contributed by atoms with van der Waals surface area (Å²) in [4.78, 5) is 4.37. The summed E-state index contributed by atoms with van der Waals surface area (Å²) in [6, 6.07) is 7.95.